The third-order valence-electron chi connectivity index (χ3n) is 1.81. The van der Waals surface area contributed by atoms with Crippen molar-refractivity contribution in [3.05, 3.63) is 40.4 Å². The monoisotopic (exact) mass is 255 g/mol. The molecule has 2 nitrogen and oxygen atoms in total. The van der Waals surface area contributed by atoms with E-state index in [1.54, 1.807) is 0 Å². The van der Waals surface area contributed by atoms with Gasteiger partial charge in [-0.15, -0.1) is 0 Å². The van der Waals surface area contributed by atoms with Crippen LogP contribution in [0.15, 0.2) is 34.8 Å². The Bertz CT molecular complexity index is 336. The van der Waals surface area contributed by atoms with Crippen molar-refractivity contribution >= 4 is 15.9 Å². The van der Waals surface area contributed by atoms with E-state index < -0.39 is 0 Å². The van der Waals surface area contributed by atoms with Crippen molar-refractivity contribution in [3.8, 4) is 5.75 Å². The molecule has 0 bridgehead atoms. The topological polar surface area (TPSA) is 35.2 Å². The van der Waals surface area contributed by atoms with Crippen LogP contribution in [-0.4, -0.2) is 13.2 Å². The molecule has 1 rings (SSSR count). The third kappa shape index (κ3) is 3.16. The van der Waals surface area contributed by atoms with Crippen LogP contribution in [-0.2, 0) is 0 Å². The maximum atomic E-state index is 5.52. The SMILES string of the molecule is C=C(CN)COc1ccc(C)cc1Br. The van der Waals surface area contributed by atoms with Crippen molar-refractivity contribution < 1.29 is 4.74 Å². The van der Waals surface area contributed by atoms with Gasteiger partial charge in [0.25, 0.3) is 0 Å². The van der Waals surface area contributed by atoms with Crippen LogP contribution in [0.5, 0.6) is 5.75 Å². The lowest BCUT2D eigenvalue weighted by atomic mass is 10.2. The standard InChI is InChI=1S/C11H14BrNO/c1-8-3-4-11(10(12)5-8)14-7-9(2)6-13/h3-5H,2,6-7,13H2,1H3. The summed E-state index contributed by atoms with van der Waals surface area (Å²) in [5.41, 5.74) is 7.49. The molecule has 0 aliphatic carbocycles. The first-order chi connectivity index (χ1) is 6.63. The molecule has 1 aromatic rings. The molecule has 0 heterocycles. The van der Waals surface area contributed by atoms with Gasteiger partial charge in [0.05, 0.1) is 4.47 Å². The average Bonchev–Trinajstić information content (AvgIpc) is 2.16. The molecule has 0 amide bonds. The van der Waals surface area contributed by atoms with Crippen molar-refractivity contribution in [2.45, 2.75) is 6.92 Å². The number of benzene rings is 1. The number of hydrogen-bond acceptors (Lipinski definition) is 2. The summed E-state index contributed by atoms with van der Waals surface area (Å²) < 4.78 is 6.48. The van der Waals surface area contributed by atoms with Crippen molar-refractivity contribution in [3.63, 3.8) is 0 Å². The molecular weight excluding hydrogens is 242 g/mol. The maximum Gasteiger partial charge on any atom is 0.133 e. The second kappa shape index (κ2) is 5.17. The molecular formula is C11H14BrNO. The first kappa shape index (κ1) is 11.3. The van der Waals surface area contributed by atoms with Gasteiger partial charge < -0.3 is 10.5 Å². The minimum absolute atomic E-state index is 0.462. The lowest BCUT2D eigenvalue weighted by Gasteiger charge is -2.09. The molecule has 0 atom stereocenters. The number of hydrogen-bond donors (Lipinski definition) is 1. The van der Waals surface area contributed by atoms with Crippen molar-refractivity contribution in [2.24, 2.45) is 5.73 Å². The van der Waals surface area contributed by atoms with Gasteiger partial charge in [0.1, 0.15) is 12.4 Å². The zero-order chi connectivity index (χ0) is 10.6. The Labute approximate surface area is 92.9 Å². The number of halogens is 1. The van der Waals surface area contributed by atoms with Crippen LogP contribution in [0.4, 0.5) is 0 Å². The summed E-state index contributed by atoms with van der Waals surface area (Å²) >= 11 is 3.43. The van der Waals surface area contributed by atoms with Gasteiger partial charge in [0.15, 0.2) is 0 Å². The number of nitrogens with two attached hydrogens (primary N) is 1. The highest BCUT2D eigenvalue weighted by molar-refractivity contribution is 9.10. The molecule has 0 aliphatic heterocycles. The lowest BCUT2D eigenvalue weighted by molar-refractivity contribution is 0.348. The first-order valence-corrected chi connectivity index (χ1v) is 5.18. The molecule has 76 valence electrons. The van der Waals surface area contributed by atoms with Crippen molar-refractivity contribution in [2.75, 3.05) is 13.2 Å². The van der Waals surface area contributed by atoms with Gasteiger partial charge in [-0.25, -0.2) is 0 Å². The molecule has 2 N–H and O–H groups in total. The largest absolute Gasteiger partial charge is 0.488 e. The molecule has 0 spiro atoms. The zero-order valence-corrected chi connectivity index (χ0v) is 9.80. The van der Waals surface area contributed by atoms with E-state index in [1.807, 2.05) is 25.1 Å². The maximum absolute atomic E-state index is 5.52. The molecule has 0 saturated carbocycles. The van der Waals surface area contributed by atoms with Crippen LogP contribution >= 0.6 is 15.9 Å². The molecule has 1 aromatic carbocycles. The van der Waals surface area contributed by atoms with E-state index in [2.05, 4.69) is 22.5 Å². The van der Waals surface area contributed by atoms with Gasteiger partial charge >= 0.3 is 0 Å². The number of rotatable bonds is 4. The zero-order valence-electron chi connectivity index (χ0n) is 8.22. The average molecular weight is 256 g/mol. The van der Waals surface area contributed by atoms with E-state index in [4.69, 9.17) is 10.5 Å². The molecule has 0 aliphatic rings. The molecule has 3 heteroatoms. The van der Waals surface area contributed by atoms with E-state index in [0.717, 1.165) is 15.8 Å². The van der Waals surface area contributed by atoms with Gasteiger partial charge in [0.2, 0.25) is 0 Å². The summed E-state index contributed by atoms with van der Waals surface area (Å²) in [5, 5.41) is 0. The molecule has 0 aromatic heterocycles. The fraction of sp³-hybridized carbons (Fsp3) is 0.273. The Morgan fingerprint density at radius 2 is 2.29 bits per heavy atom. The summed E-state index contributed by atoms with van der Waals surface area (Å²) in [4.78, 5) is 0. The van der Waals surface area contributed by atoms with E-state index in [9.17, 15) is 0 Å². The predicted octanol–water partition coefficient (Wildman–Crippen LogP) is 2.65. The second-order valence-electron chi connectivity index (χ2n) is 3.18. The van der Waals surface area contributed by atoms with Gasteiger partial charge in [-0.05, 0) is 46.1 Å². The van der Waals surface area contributed by atoms with Crippen LogP contribution in [0.1, 0.15) is 5.56 Å². The van der Waals surface area contributed by atoms with Crippen molar-refractivity contribution in [1.29, 1.82) is 0 Å². The Morgan fingerprint density at radius 3 is 2.86 bits per heavy atom. The minimum atomic E-state index is 0.462. The quantitative estimate of drug-likeness (QED) is 0.840. The fourth-order valence-corrected chi connectivity index (χ4v) is 1.57. The molecule has 0 radical (unpaired) electrons. The predicted molar refractivity (Wildman–Crippen MR) is 62.6 cm³/mol. The summed E-state index contributed by atoms with van der Waals surface area (Å²) in [7, 11) is 0. The smallest absolute Gasteiger partial charge is 0.133 e. The van der Waals surface area contributed by atoms with Crippen LogP contribution in [0.2, 0.25) is 0 Å². The van der Waals surface area contributed by atoms with E-state index in [0.29, 0.717) is 13.2 Å². The van der Waals surface area contributed by atoms with Gasteiger partial charge in [-0.1, -0.05) is 12.6 Å². The first-order valence-electron chi connectivity index (χ1n) is 4.39. The van der Waals surface area contributed by atoms with E-state index in [-0.39, 0.29) is 0 Å². The highest BCUT2D eigenvalue weighted by atomic mass is 79.9. The van der Waals surface area contributed by atoms with E-state index in [1.165, 1.54) is 5.56 Å². The van der Waals surface area contributed by atoms with Gasteiger partial charge in [0, 0.05) is 6.54 Å². The van der Waals surface area contributed by atoms with Gasteiger partial charge in [-0.2, -0.15) is 0 Å². The fourth-order valence-electron chi connectivity index (χ4n) is 0.962. The highest BCUT2D eigenvalue weighted by Crippen LogP contribution is 2.25. The summed E-state index contributed by atoms with van der Waals surface area (Å²) in [6.07, 6.45) is 0. The van der Waals surface area contributed by atoms with Crippen LogP contribution < -0.4 is 10.5 Å². The Balaban J connectivity index is 2.63. The lowest BCUT2D eigenvalue weighted by Crippen LogP contribution is -2.10. The molecule has 0 saturated heterocycles. The normalized spacial score (nSPS) is 9.93. The number of ether oxygens (including phenoxy) is 1. The Morgan fingerprint density at radius 1 is 1.57 bits per heavy atom. The minimum Gasteiger partial charge on any atom is -0.488 e. The van der Waals surface area contributed by atoms with Crippen molar-refractivity contribution in [1.82, 2.24) is 0 Å². The number of aryl methyl sites for hydroxylation is 1. The second-order valence-corrected chi connectivity index (χ2v) is 4.03. The molecule has 0 fully saturated rings. The van der Waals surface area contributed by atoms with Crippen LogP contribution in [0, 0.1) is 6.92 Å². The van der Waals surface area contributed by atoms with Gasteiger partial charge in [-0.3, -0.25) is 0 Å². The summed E-state index contributed by atoms with van der Waals surface area (Å²) in [5.74, 6) is 0.824. The van der Waals surface area contributed by atoms with Crippen LogP contribution in [0.25, 0.3) is 0 Å². The summed E-state index contributed by atoms with van der Waals surface area (Å²) in [6, 6.07) is 5.95. The van der Waals surface area contributed by atoms with E-state index >= 15 is 0 Å². The Kier molecular flexibility index (Phi) is 4.17. The highest BCUT2D eigenvalue weighted by Gasteiger charge is 2.01. The summed E-state index contributed by atoms with van der Waals surface area (Å²) in [6.45, 7) is 6.74. The van der Waals surface area contributed by atoms with Crippen LogP contribution in [0.3, 0.4) is 0 Å². The third-order valence-corrected chi connectivity index (χ3v) is 2.43. The molecule has 14 heavy (non-hydrogen) atoms. The Hall–Kier alpha value is -0.800. The molecule has 0 unspecified atom stereocenters.